The van der Waals surface area contributed by atoms with Crippen LogP contribution in [0.5, 0.6) is 5.75 Å². The van der Waals surface area contributed by atoms with Crippen LogP contribution < -0.4 is 4.74 Å². The molecule has 0 atom stereocenters. The monoisotopic (exact) mass is 218 g/mol. The van der Waals surface area contributed by atoms with Crippen molar-refractivity contribution < 1.29 is 14.6 Å². The van der Waals surface area contributed by atoms with Gasteiger partial charge in [-0.05, 0) is 6.07 Å². The Kier molecular flexibility index (Phi) is 2.59. The Hall–Kier alpha value is -2.30. The quantitative estimate of drug-likeness (QED) is 0.823. The van der Waals surface area contributed by atoms with Crippen LogP contribution in [0.3, 0.4) is 0 Å². The number of nitrogens with zero attached hydrogens (tertiary/aromatic N) is 1. The van der Waals surface area contributed by atoms with Crippen molar-refractivity contribution in [2.45, 2.75) is 0 Å². The lowest BCUT2D eigenvalue weighted by Crippen LogP contribution is -1.99. The van der Waals surface area contributed by atoms with Gasteiger partial charge in [-0.3, -0.25) is 5.10 Å². The smallest absolute Gasteiger partial charge is 0.354 e. The number of para-hydroxylation sites is 1. The van der Waals surface area contributed by atoms with Gasteiger partial charge in [-0.15, -0.1) is 0 Å². The minimum Gasteiger partial charge on any atom is -0.496 e. The van der Waals surface area contributed by atoms with Gasteiger partial charge in [0.25, 0.3) is 0 Å². The largest absolute Gasteiger partial charge is 0.496 e. The fourth-order valence-electron chi connectivity index (χ4n) is 1.52. The van der Waals surface area contributed by atoms with Gasteiger partial charge in [0.15, 0.2) is 5.69 Å². The van der Waals surface area contributed by atoms with E-state index in [9.17, 15) is 4.79 Å². The van der Waals surface area contributed by atoms with Gasteiger partial charge in [0, 0.05) is 11.1 Å². The second kappa shape index (κ2) is 4.06. The number of hydrogen-bond donors (Lipinski definition) is 2. The number of aromatic carboxylic acids is 1. The lowest BCUT2D eigenvalue weighted by Gasteiger charge is -2.06. The van der Waals surface area contributed by atoms with Crippen LogP contribution >= 0.6 is 0 Å². The van der Waals surface area contributed by atoms with Crippen LogP contribution in [0.1, 0.15) is 10.5 Å². The molecule has 0 saturated heterocycles. The summed E-state index contributed by atoms with van der Waals surface area (Å²) in [7, 11) is 1.54. The minimum atomic E-state index is -1.04. The third-order valence-corrected chi connectivity index (χ3v) is 2.25. The van der Waals surface area contributed by atoms with E-state index in [1.54, 1.807) is 19.2 Å². The molecule has 0 saturated carbocycles. The van der Waals surface area contributed by atoms with E-state index in [0.717, 1.165) is 0 Å². The summed E-state index contributed by atoms with van der Waals surface area (Å²) in [6.45, 7) is 0. The Labute approximate surface area is 91.7 Å². The maximum Gasteiger partial charge on any atom is 0.354 e. The number of benzene rings is 1. The van der Waals surface area contributed by atoms with Crippen LogP contribution in [0.15, 0.2) is 30.5 Å². The van der Waals surface area contributed by atoms with Crippen molar-refractivity contribution in [2.75, 3.05) is 7.11 Å². The SMILES string of the molecule is COc1ccccc1-c1cn[nH]c1C(=O)O. The van der Waals surface area contributed by atoms with Crippen LogP contribution in [0.4, 0.5) is 0 Å². The number of hydrogen-bond acceptors (Lipinski definition) is 3. The minimum absolute atomic E-state index is 0.0597. The number of carboxylic acids is 1. The molecular weight excluding hydrogens is 208 g/mol. The van der Waals surface area contributed by atoms with Crippen LogP contribution in [0, 0.1) is 0 Å². The van der Waals surface area contributed by atoms with Gasteiger partial charge in [-0.25, -0.2) is 4.79 Å². The number of aromatic nitrogens is 2. The number of rotatable bonds is 3. The maximum atomic E-state index is 10.9. The van der Waals surface area contributed by atoms with E-state index >= 15 is 0 Å². The Morgan fingerprint density at radius 3 is 2.81 bits per heavy atom. The summed E-state index contributed by atoms with van der Waals surface area (Å²) >= 11 is 0. The molecule has 2 N–H and O–H groups in total. The summed E-state index contributed by atoms with van der Waals surface area (Å²) in [5.41, 5.74) is 1.28. The highest BCUT2D eigenvalue weighted by Gasteiger charge is 2.16. The van der Waals surface area contributed by atoms with Crippen molar-refractivity contribution in [3.05, 3.63) is 36.2 Å². The average Bonchev–Trinajstić information content (AvgIpc) is 2.77. The van der Waals surface area contributed by atoms with Crippen molar-refractivity contribution in [3.8, 4) is 16.9 Å². The molecule has 0 aliphatic rings. The molecule has 1 heterocycles. The summed E-state index contributed by atoms with van der Waals surface area (Å²) in [4.78, 5) is 10.9. The molecule has 0 aliphatic heterocycles. The first-order valence-corrected chi connectivity index (χ1v) is 4.64. The lowest BCUT2D eigenvalue weighted by molar-refractivity contribution is 0.0691. The summed E-state index contributed by atoms with van der Waals surface area (Å²) < 4.78 is 5.17. The van der Waals surface area contributed by atoms with Gasteiger partial charge < -0.3 is 9.84 Å². The molecule has 2 aromatic rings. The van der Waals surface area contributed by atoms with Crippen molar-refractivity contribution in [2.24, 2.45) is 0 Å². The number of methoxy groups -OCH3 is 1. The highest BCUT2D eigenvalue weighted by molar-refractivity contribution is 5.94. The van der Waals surface area contributed by atoms with E-state index in [0.29, 0.717) is 16.9 Å². The zero-order chi connectivity index (χ0) is 11.5. The van der Waals surface area contributed by atoms with E-state index in [1.807, 2.05) is 12.1 Å². The Morgan fingerprint density at radius 1 is 1.38 bits per heavy atom. The first-order valence-electron chi connectivity index (χ1n) is 4.64. The van der Waals surface area contributed by atoms with E-state index in [-0.39, 0.29) is 5.69 Å². The molecule has 0 bridgehead atoms. The first-order chi connectivity index (χ1) is 7.74. The standard InChI is InChI=1S/C11H10N2O3/c1-16-9-5-3-2-4-7(9)8-6-12-13-10(8)11(14)15/h2-6H,1H3,(H,12,13)(H,14,15). The number of nitrogens with one attached hydrogen (secondary N) is 1. The number of ether oxygens (including phenoxy) is 1. The second-order valence-corrected chi connectivity index (χ2v) is 3.16. The van der Waals surface area contributed by atoms with Crippen molar-refractivity contribution in [3.63, 3.8) is 0 Å². The molecular formula is C11H10N2O3. The number of carbonyl (C=O) groups is 1. The van der Waals surface area contributed by atoms with Crippen LogP contribution in [-0.2, 0) is 0 Å². The molecule has 5 nitrogen and oxygen atoms in total. The zero-order valence-corrected chi connectivity index (χ0v) is 8.60. The van der Waals surface area contributed by atoms with E-state index in [1.165, 1.54) is 6.20 Å². The summed E-state index contributed by atoms with van der Waals surface area (Å²) in [6, 6.07) is 7.20. The molecule has 0 fully saturated rings. The second-order valence-electron chi connectivity index (χ2n) is 3.16. The predicted molar refractivity (Wildman–Crippen MR) is 57.5 cm³/mol. The number of carboxylic acid groups (broad SMARTS) is 1. The highest BCUT2D eigenvalue weighted by atomic mass is 16.5. The Balaban J connectivity index is 2.58. The Bertz CT molecular complexity index is 519. The molecule has 0 aliphatic carbocycles. The molecule has 82 valence electrons. The van der Waals surface area contributed by atoms with Crippen LogP contribution in [0.2, 0.25) is 0 Å². The molecule has 1 aromatic heterocycles. The molecule has 0 unspecified atom stereocenters. The summed E-state index contributed by atoms with van der Waals surface area (Å²) in [5.74, 6) is -0.426. The highest BCUT2D eigenvalue weighted by Crippen LogP contribution is 2.30. The molecule has 0 spiro atoms. The zero-order valence-electron chi connectivity index (χ0n) is 8.60. The molecule has 0 amide bonds. The number of aromatic amines is 1. The third-order valence-electron chi connectivity index (χ3n) is 2.25. The van der Waals surface area contributed by atoms with Gasteiger partial charge in [-0.2, -0.15) is 5.10 Å². The van der Waals surface area contributed by atoms with E-state index in [2.05, 4.69) is 10.2 Å². The first kappa shape index (κ1) is 10.2. The average molecular weight is 218 g/mol. The van der Waals surface area contributed by atoms with Crippen LogP contribution in [0.25, 0.3) is 11.1 Å². The predicted octanol–water partition coefficient (Wildman–Crippen LogP) is 1.78. The van der Waals surface area contributed by atoms with Gasteiger partial charge in [0.1, 0.15) is 5.75 Å². The summed E-state index contributed by atoms with van der Waals surface area (Å²) in [6.07, 6.45) is 1.47. The summed E-state index contributed by atoms with van der Waals surface area (Å²) in [5, 5.41) is 15.2. The lowest BCUT2D eigenvalue weighted by atomic mass is 10.1. The van der Waals surface area contributed by atoms with Gasteiger partial charge >= 0.3 is 5.97 Å². The topological polar surface area (TPSA) is 75.2 Å². The van der Waals surface area contributed by atoms with E-state index in [4.69, 9.17) is 9.84 Å². The fraction of sp³-hybridized carbons (Fsp3) is 0.0909. The third kappa shape index (κ3) is 1.63. The number of H-pyrrole nitrogens is 1. The van der Waals surface area contributed by atoms with Crippen molar-refractivity contribution in [1.82, 2.24) is 10.2 Å². The van der Waals surface area contributed by atoms with Gasteiger partial charge in [0.2, 0.25) is 0 Å². The molecule has 16 heavy (non-hydrogen) atoms. The Morgan fingerprint density at radius 2 is 2.12 bits per heavy atom. The fourth-order valence-corrected chi connectivity index (χ4v) is 1.52. The molecule has 1 aromatic carbocycles. The van der Waals surface area contributed by atoms with Crippen molar-refractivity contribution >= 4 is 5.97 Å². The molecule has 5 heteroatoms. The molecule has 0 radical (unpaired) electrons. The van der Waals surface area contributed by atoms with Gasteiger partial charge in [0.05, 0.1) is 13.3 Å². The van der Waals surface area contributed by atoms with Gasteiger partial charge in [-0.1, -0.05) is 18.2 Å². The van der Waals surface area contributed by atoms with Crippen LogP contribution in [-0.4, -0.2) is 28.4 Å². The van der Waals surface area contributed by atoms with Crippen molar-refractivity contribution in [1.29, 1.82) is 0 Å². The normalized spacial score (nSPS) is 10.1. The molecule has 2 rings (SSSR count). The maximum absolute atomic E-state index is 10.9. The van der Waals surface area contributed by atoms with E-state index < -0.39 is 5.97 Å².